The number of amidine groups is 1. The predicted octanol–water partition coefficient (Wildman–Crippen LogP) is 4.76. The van der Waals surface area contributed by atoms with Crippen LogP contribution in [0.25, 0.3) is 0 Å². The lowest BCUT2D eigenvalue weighted by Crippen LogP contribution is -2.36. The first-order valence-corrected chi connectivity index (χ1v) is 9.92. The zero-order valence-corrected chi connectivity index (χ0v) is 16.7. The summed E-state index contributed by atoms with van der Waals surface area (Å²) in [5.41, 5.74) is 1.64. The molecule has 0 radical (unpaired) electrons. The SMILES string of the molecule is CCOc1ccc(C(=O)CN(C2=NCCCCC2)c2ccc(OC)cc2)cc1. The molecule has 2 aromatic carbocycles. The Hall–Kier alpha value is -2.82. The molecule has 2 aromatic rings. The zero-order chi connectivity index (χ0) is 19.8. The molecule has 0 fully saturated rings. The van der Waals surface area contributed by atoms with Crippen LogP contribution in [0, 0.1) is 0 Å². The molecule has 0 saturated heterocycles. The molecular weight excluding hydrogens is 352 g/mol. The van der Waals surface area contributed by atoms with E-state index in [1.54, 1.807) is 7.11 Å². The molecule has 28 heavy (non-hydrogen) atoms. The predicted molar refractivity (Wildman–Crippen MR) is 113 cm³/mol. The Morgan fingerprint density at radius 2 is 1.71 bits per heavy atom. The summed E-state index contributed by atoms with van der Waals surface area (Å²) in [5, 5.41) is 0. The van der Waals surface area contributed by atoms with Crippen molar-refractivity contribution >= 4 is 17.3 Å². The minimum Gasteiger partial charge on any atom is -0.497 e. The molecule has 1 aliphatic heterocycles. The molecule has 0 spiro atoms. The highest BCUT2D eigenvalue weighted by Gasteiger charge is 2.19. The van der Waals surface area contributed by atoms with Gasteiger partial charge in [0.2, 0.25) is 0 Å². The van der Waals surface area contributed by atoms with Crippen LogP contribution in [0.4, 0.5) is 5.69 Å². The Bertz CT molecular complexity index is 798. The third-order valence-corrected chi connectivity index (χ3v) is 4.84. The summed E-state index contributed by atoms with van der Waals surface area (Å²) in [4.78, 5) is 19.8. The van der Waals surface area contributed by atoms with E-state index >= 15 is 0 Å². The summed E-state index contributed by atoms with van der Waals surface area (Å²) in [5.74, 6) is 2.62. The third-order valence-electron chi connectivity index (χ3n) is 4.84. The van der Waals surface area contributed by atoms with Crippen LogP contribution in [0.1, 0.15) is 43.0 Å². The number of rotatable bonds is 7. The third kappa shape index (κ3) is 5.12. The maximum atomic E-state index is 13.0. The van der Waals surface area contributed by atoms with Crippen LogP contribution >= 0.6 is 0 Å². The molecule has 0 saturated carbocycles. The topological polar surface area (TPSA) is 51.1 Å². The molecule has 0 bridgehead atoms. The fourth-order valence-electron chi connectivity index (χ4n) is 3.31. The van der Waals surface area contributed by atoms with Crippen molar-refractivity contribution in [3.63, 3.8) is 0 Å². The van der Waals surface area contributed by atoms with Gasteiger partial charge in [-0.05, 0) is 68.3 Å². The highest BCUT2D eigenvalue weighted by atomic mass is 16.5. The van der Waals surface area contributed by atoms with E-state index in [2.05, 4.69) is 0 Å². The molecule has 3 rings (SSSR count). The van der Waals surface area contributed by atoms with Crippen LogP contribution in [-0.2, 0) is 0 Å². The summed E-state index contributed by atoms with van der Waals surface area (Å²) in [6.07, 6.45) is 4.27. The first-order valence-electron chi connectivity index (χ1n) is 9.92. The number of Topliss-reactive ketones (excluding diaryl/α,β-unsaturated/α-hetero) is 1. The lowest BCUT2D eigenvalue weighted by molar-refractivity contribution is 0.100. The van der Waals surface area contributed by atoms with Crippen molar-refractivity contribution in [2.45, 2.75) is 32.6 Å². The number of aliphatic imine (C=N–C) groups is 1. The number of hydrogen-bond donors (Lipinski definition) is 0. The van der Waals surface area contributed by atoms with Crippen molar-refractivity contribution in [3.8, 4) is 11.5 Å². The Morgan fingerprint density at radius 3 is 2.39 bits per heavy atom. The number of carbonyl (C=O) groups excluding carboxylic acids is 1. The second-order valence-corrected chi connectivity index (χ2v) is 6.77. The van der Waals surface area contributed by atoms with Crippen LogP contribution in [0.3, 0.4) is 0 Å². The molecular formula is C23H28N2O3. The van der Waals surface area contributed by atoms with Crippen molar-refractivity contribution in [1.82, 2.24) is 0 Å². The molecule has 148 valence electrons. The van der Waals surface area contributed by atoms with Crippen molar-refractivity contribution in [3.05, 3.63) is 54.1 Å². The molecule has 0 N–H and O–H groups in total. The molecule has 0 atom stereocenters. The average Bonchev–Trinajstić information content (AvgIpc) is 3.02. The van der Waals surface area contributed by atoms with Gasteiger partial charge in [-0.3, -0.25) is 9.79 Å². The monoisotopic (exact) mass is 380 g/mol. The Morgan fingerprint density at radius 1 is 1.00 bits per heavy atom. The highest BCUT2D eigenvalue weighted by molar-refractivity contribution is 6.07. The van der Waals surface area contributed by atoms with Crippen molar-refractivity contribution in [2.75, 3.05) is 31.7 Å². The van der Waals surface area contributed by atoms with E-state index in [-0.39, 0.29) is 12.3 Å². The average molecular weight is 380 g/mol. The van der Waals surface area contributed by atoms with Crippen molar-refractivity contribution < 1.29 is 14.3 Å². The molecule has 5 nitrogen and oxygen atoms in total. The molecule has 0 aliphatic carbocycles. The number of nitrogens with zero attached hydrogens (tertiary/aromatic N) is 2. The van der Waals surface area contributed by atoms with Gasteiger partial charge in [0.25, 0.3) is 0 Å². The number of anilines is 1. The number of ketones is 1. The van der Waals surface area contributed by atoms with Crippen LogP contribution in [-0.4, -0.2) is 38.4 Å². The van der Waals surface area contributed by atoms with E-state index in [0.29, 0.717) is 12.2 Å². The second-order valence-electron chi connectivity index (χ2n) is 6.77. The molecule has 1 aliphatic rings. The van der Waals surface area contributed by atoms with Crippen molar-refractivity contribution in [1.29, 1.82) is 0 Å². The van der Waals surface area contributed by atoms with Gasteiger partial charge in [-0.2, -0.15) is 0 Å². The summed E-state index contributed by atoms with van der Waals surface area (Å²) >= 11 is 0. The summed E-state index contributed by atoms with van der Waals surface area (Å²) in [7, 11) is 1.65. The second kappa shape index (κ2) is 9.93. The van der Waals surface area contributed by atoms with Gasteiger partial charge >= 0.3 is 0 Å². The fraction of sp³-hybridized carbons (Fsp3) is 0.391. The van der Waals surface area contributed by atoms with Crippen LogP contribution < -0.4 is 14.4 Å². The van der Waals surface area contributed by atoms with Crippen LogP contribution in [0.5, 0.6) is 11.5 Å². The maximum Gasteiger partial charge on any atom is 0.182 e. The number of ether oxygens (including phenoxy) is 2. The van der Waals surface area contributed by atoms with E-state index in [1.807, 2.05) is 60.4 Å². The van der Waals surface area contributed by atoms with Crippen LogP contribution in [0.15, 0.2) is 53.5 Å². The van der Waals surface area contributed by atoms with Gasteiger partial charge in [0, 0.05) is 24.2 Å². The lowest BCUT2D eigenvalue weighted by atomic mass is 10.1. The number of hydrogen-bond acceptors (Lipinski definition) is 5. The van der Waals surface area contributed by atoms with Gasteiger partial charge < -0.3 is 14.4 Å². The Kier molecular flexibility index (Phi) is 7.06. The normalized spacial score (nSPS) is 14.0. The number of benzene rings is 2. The largest absolute Gasteiger partial charge is 0.497 e. The first-order chi connectivity index (χ1) is 13.7. The van der Waals surface area contributed by atoms with Gasteiger partial charge in [-0.1, -0.05) is 6.42 Å². The molecule has 0 aromatic heterocycles. The zero-order valence-electron chi connectivity index (χ0n) is 16.7. The number of carbonyl (C=O) groups is 1. The molecule has 5 heteroatoms. The smallest absolute Gasteiger partial charge is 0.182 e. The minimum absolute atomic E-state index is 0.0609. The van der Waals surface area contributed by atoms with Gasteiger partial charge in [0.15, 0.2) is 5.78 Å². The first kappa shape index (κ1) is 19.9. The standard InChI is InChI=1S/C23H28N2O3/c1-3-28-21-12-8-18(9-13-21)22(26)17-25(23-7-5-4-6-16-24-23)19-10-14-20(27-2)15-11-19/h8-15H,3-7,16-17H2,1-2H3. The van der Waals surface area contributed by atoms with Gasteiger partial charge in [0.1, 0.15) is 17.3 Å². The van der Waals surface area contributed by atoms with E-state index in [9.17, 15) is 4.79 Å². The highest BCUT2D eigenvalue weighted by Crippen LogP contribution is 2.23. The molecule has 0 unspecified atom stereocenters. The fourth-order valence-corrected chi connectivity index (χ4v) is 3.31. The Balaban J connectivity index is 1.83. The van der Waals surface area contributed by atoms with E-state index in [0.717, 1.165) is 48.8 Å². The minimum atomic E-state index is 0.0609. The van der Waals surface area contributed by atoms with Crippen molar-refractivity contribution in [2.24, 2.45) is 4.99 Å². The van der Waals surface area contributed by atoms with Crippen LogP contribution in [0.2, 0.25) is 0 Å². The number of methoxy groups -OCH3 is 1. The Labute approximate surface area is 167 Å². The summed E-state index contributed by atoms with van der Waals surface area (Å²) in [6.45, 7) is 3.63. The quantitative estimate of drug-likeness (QED) is 0.650. The van der Waals surface area contributed by atoms with Gasteiger partial charge in [0.05, 0.1) is 20.3 Å². The lowest BCUT2D eigenvalue weighted by Gasteiger charge is -2.26. The summed E-state index contributed by atoms with van der Waals surface area (Å²) < 4.78 is 10.7. The van der Waals surface area contributed by atoms with E-state index in [4.69, 9.17) is 14.5 Å². The summed E-state index contributed by atoms with van der Waals surface area (Å²) in [6, 6.07) is 15.1. The van der Waals surface area contributed by atoms with E-state index < -0.39 is 0 Å². The molecule has 0 amide bonds. The maximum absolute atomic E-state index is 13.0. The van der Waals surface area contributed by atoms with Gasteiger partial charge in [-0.15, -0.1) is 0 Å². The van der Waals surface area contributed by atoms with E-state index in [1.165, 1.54) is 6.42 Å². The van der Waals surface area contributed by atoms with Gasteiger partial charge in [-0.25, -0.2) is 0 Å². The molecule has 1 heterocycles.